The zero-order valence-corrected chi connectivity index (χ0v) is 14.4. The minimum absolute atomic E-state index is 0.000319. The zero-order chi connectivity index (χ0) is 17.4. The van der Waals surface area contributed by atoms with Gasteiger partial charge in [0.15, 0.2) is 0 Å². The standard InChI is InChI=1S/C19H22N4O2/c1-2-3-4-5-17(24)22-9-14-11-23(12-15(14)10-22)19(25)16-8-20-18(21-16)13-6-7-13/h2-5,8,13H,6-7,9-12H2,1H3,(H,20,21)/b3-2+,5-4+. The lowest BCUT2D eigenvalue weighted by molar-refractivity contribution is -0.124. The van der Waals surface area contributed by atoms with Crippen LogP contribution in [0.4, 0.5) is 0 Å². The number of nitrogens with zero attached hydrogens (tertiary/aromatic N) is 3. The van der Waals surface area contributed by atoms with Crippen molar-refractivity contribution < 1.29 is 9.59 Å². The van der Waals surface area contributed by atoms with E-state index in [0.717, 1.165) is 18.7 Å². The molecule has 6 nitrogen and oxygen atoms in total. The molecule has 1 aliphatic carbocycles. The van der Waals surface area contributed by atoms with Crippen molar-refractivity contribution in [1.29, 1.82) is 0 Å². The van der Waals surface area contributed by atoms with Gasteiger partial charge in [0.1, 0.15) is 11.5 Å². The second-order valence-electron chi connectivity index (χ2n) is 6.90. The number of hydrogen-bond acceptors (Lipinski definition) is 3. The Morgan fingerprint density at radius 1 is 1.12 bits per heavy atom. The normalized spacial score (nSPS) is 20.4. The van der Waals surface area contributed by atoms with Crippen LogP contribution >= 0.6 is 0 Å². The highest BCUT2D eigenvalue weighted by atomic mass is 16.2. The van der Waals surface area contributed by atoms with Crippen LogP contribution in [0.5, 0.6) is 0 Å². The number of hydrogen-bond donors (Lipinski definition) is 1. The first-order valence-corrected chi connectivity index (χ1v) is 8.78. The van der Waals surface area contributed by atoms with E-state index in [0.29, 0.717) is 37.8 Å². The third-order valence-electron chi connectivity index (χ3n) is 4.96. The van der Waals surface area contributed by atoms with Crippen LogP contribution in [0.3, 0.4) is 0 Å². The topological polar surface area (TPSA) is 69.3 Å². The SMILES string of the molecule is C/C=C/C=C/C(=O)N1CC2=C(C1)CN(C(=O)c1cnc(C3CC3)[nH]1)C2. The van der Waals surface area contributed by atoms with E-state index in [4.69, 9.17) is 0 Å². The summed E-state index contributed by atoms with van der Waals surface area (Å²) in [6.45, 7) is 4.37. The molecule has 1 aromatic heterocycles. The van der Waals surface area contributed by atoms with Gasteiger partial charge in [-0.25, -0.2) is 4.98 Å². The molecule has 0 atom stereocenters. The fourth-order valence-corrected chi connectivity index (χ4v) is 3.41. The van der Waals surface area contributed by atoms with Crippen molar-refractivity contribution in [2.45, 2.75) is 25.7 Å². The highest BCUT2D eigenvalue weighted by Gasteiger charge is 2.34. The highest BCUT2D eigenvalue weighted by Crippen LogP contribution is 2.38. The lowest BCUT2D eigenvalue weighted by Gasteiger charge is -2.21. The summed E-state index contributed by atoms with van der Waals surface area (Å²) in [7, 11) is 0. The molecule has 0 unspecified atom stereocenters. The predicted molar refractivity (Wildman–Crippen MR) is 94.0 cm³/mol. The number of aromatic amines is 1. The Morgan fingerprint density at radius 3 is 2.44 bits per heavy atom. The molecule has 1 aromatic rings. The van der Waals surface area contributed by atoms with E-state index in [1.165, 1.54) is 11.1 Å². The number of nitrogens with one attached hydrogen (secondary N) is 1. The van der Waals surface area contributed by atoms with Gasteiger partial charge in [0.05, 0.1) is 6.20 Å². The van der Waals surface area contributed by atoms with Gasteiger partial charge in [0.2, 0.25) is 5.91 Å². The fourth-order valence-electron chi connectivity index (χ4n) is 3.41. The van der Waals surface area contributed by atoms with Crippen LogP contribution in [0.2, 0.25) is 0 Å². The molecule has 6 heteroatoms. The summed E-state index contributed by atoms with van der Waals surface area (Å²) < 4.78 is 0. The zero-order valence-electron chi connectivity index (χ0n) is 14.4. The fraction of sp³-hybridized carbons (Fsp3) is 0.421. The van der Waals surface area contributed by atoms with E-state index in [1.54, 1.807) is 18.3 Å². The number of carbonyl (C=O) groups is 2. The van der Waals surface area contributed by atoms with Gasteiger partial charge < -0.3 is 14.8 Å². The van der Waals surface area contributed by atoms with Crippen LogP contribution in [-0.2, 0) is 4.79 Å². The first-order valence-electron chi connectivity index (χ1n) is 8.78. The smallest absolute Gasteiger partial charge is 0.272 e. The summed E-state index contributed by atoms with van der Waals surface area (Å²) in [6.07, 6.45) is 11.1. The molecular weight excluding hydrogens is 316 g/mol. The second kappa shape index (κ2) is 6.35. The predicted octanol–water partition coefficient (Wildman–Crippen LogP) is 2.01. The van der Waals surface area contributed by atoms with Gasteiger partial charge in [-0.2, -0.15) is 0 Å². The van der Waals surface area contributed by atoms with E-state index in [-0.39, 0.29) is 11.8 Å². The van der Waals surface area contributed by atoms with Gasteiger partial charge >= 0.3 is 0 Å². The van der Waals surface area contributed by atoms with Crippen molar-refractivity contribution in [1.82, 2.24) is 19.8 Å². The average molecular weight is 338 g/mol. The summed E-state index contributed by atoms with van der Waals surface area (Å²) in [5.74, 6) is 1.47. The molecule has 1 fully saturated rings. The maximum absolute atomic E-state index is 12.7. The van der Waals surface area contributed by atoms with E-state index in [9.17, 15) is 9.59 Å². The number of rotatable bonds is 4. The number of allylic oxidation sites excluding steroid dienone is 3. The van der Waals surface area contributed by atoms with Gasteiger partial charge in [0, 0.05) is 38.2 Å². The second-order valence-corrected chi connectivity index (χ2v) is 6.90. The Balaban J connectivity index is 1.34. The summed E-state index contributed by atoms with van der Waals surface area (Å²) in [5.41, 5.74) is 2.97. The van der Waals surface area contributed by atoms with Gasteiger partial charge in [-0.3, -0.25) is 9.59 Å². The van der Waals surface area contributed by atoms with Crippen molar-refractivity contribution >= 4 is 11.8 Å². The number of amides is 2. The Morgan fingerprint density at radius 2 is 1.80 bits per heavy atom. The highest BCUT2D eigenvalue weighted by molar-refractivity contribution is 5.93. The molecule has 2 amide bonds. The molecule has 4 rings (SSSR count). The maximum Gasteiger partial charge on any atom is 0.272 e. The number of imidazole rings is 1. The quantitative estimate of drug-likeness (QED) is 0.519. The summed E-state index contributed by atoms with van der Waals surface area (Å²) in [5, 5.41) is 0. The van der Waals surface area contributed by atoms with Crippen molar-refractivity contribution in [3.05, 3.63) is 53.2 Å². The first-order chi connectivity index (χ1) is 12.2. The molecular formula is C19H22N4O2. The lowest BCUT2D eigenvalue weighted by Crippen LogP contribution is -2.36. The Hall–Kier alpha value is -2.63. The first kappa shape index (κ1) is 15.9. The molecule has 0 radical (unpaired) electrons. The Labute approximate surface area is 146 Å². The van der Waals surface area contributed by atoms with Gasteiger partial charge in [0.25, 0.3) is 5.91 Å². The van der Waals surface area contributed by atoms with Crippen LogP contribution in [0.15, 0.2) is 41.6 Å². The Bertz CT molecular complexity index is 780. The van der Waals surface area contributed by atoms with Gasteiger partial charge in [-0.05, 0) is 30.9 Å². The third-order valence-corrected chi connectivity index (χ3v) is 4.96. The van der Waals surface area contributed by atoms with Crippen LogP contribution in [0.25, 0.3) is 0 Å². The molecule has 0 bridgehead atoms. The van der Waals surface area contributed by atoms with Gasteiger partial charge in [-0.1, -0.05) is 18.2 Å². The molecule has 1 N–H and O–H groups in total. The van der Waals surface area contributed by atoms with Gasteiger partial charge in [-0.15, -0.1) is 0 Å². The van der Waals surface area contributed by atoms with Crippen LogP contribution in [-0.4, -0.2) is 57.8 Å². The molecule has 130 valence electrons. The van der Waals surface area contributed by atoms with E-state index < -0.39 is 0 Å². The summed E-state index contributed by atoms with van der Waals surface area (Å²) >= 11 is 0. The minimum atomic E-state index is -0.000319. The average Bonchev–Trinajstić information content (AvgIpc) is 3.04. The minimum Gasteiger partial charge on any atom is -0.338 e. The number of H-pyrrole nitrogens is 1. The van der Waals surface area contributed by atoms with Crippen LogP contribution in [0.1, 0.15) is 42.0 Å². The maximum atomic E-state index is 12.7. The molecule has 2 aliphatic heterocycles. The largest absolute Gasteiger partial charge is 0.338 e. The Kier molecular flexibility index (Phi) is 4.03. The number of carbonyl (C=O) groups excluding carboxylic acids is 2. The van der Waals surface area contributed by atoms with Crippen molar-refractivity contribution in [3.63, 3.8) is 0 Å². The molecule has 0 saturated heterocycles. The van der Waals surface area contributed by atoms with E-state index >= 15 is 0 Å². The number of aromatic nitrogens is 2. The van der Waals surface area contributed by atoms with Crippen molar-refractivity contribution in [3.8, 4) is 0 Å². The lowest BCUT2D eigenvalue weighted by atomic mass is 10.2. The monoisotopic (exact) mass is 338 g/mol. The molecule has 3 heterocycles. The molecule has 0 aromatic carbocycles. The molecule has 0 spiro atoms. The van der Waals surface area contributed by atoms with Crippen LogP contribution < -0.4 is 0 Å². The van der Waals surface area contributed by atoms with Crippen molar-refractivity contribution in [2.24, 2.45) is 0 Å². The molecule has 1 saturated carbocycles. The summed E-state index contributed by atoms with van der Waals surface area (Å²) in [4.78, 5) is 36.0. The van der Waals surface area contributed by atoms with E-state index in [1.807, 2.05) is 28.9 Å². The summed E-state index contributed by atoms with van der Waals surface area (Å²) in [6, 6.07) is 0. The molecule has 3 aliphatic rings. The van der Waals surface area contributed by atoms with Crippen LogP contribution in [0, 0.1) is 0 Å². The van der Waals surface area contributed by atoms with Crippen molar-refractivity contribution in [2.75, 3.05) is 26.2 Å². The van der Waals surface area contributed by atoms with E-state index in [2.05, 4.69) is 9.97 Å². The third kappa shape index (κ3) is 3.16. The molecule has 25 heavy (non-hydrogen) atoms.